The van der Waals surface area contributed by atoms with Gasteiger partial charge in [-0.1, -0.05) is 0 Å². The predicted octanol–water partition coefficient (Wildman–Crippen LogP) is 3.50. The average molecular weight is 286 g/mol. The number of benzene rings is 2. The van der Waals surface area contributed by atoms with E-state index in [9.17, 15) is 4.79 Å². The summed E-state index contributed by atoms with van der Waals surface area (Å²) >= 11 is 0. The SMILES string of the molecule is CC(C)Oc1ccc(Nc2ccc(C(=O)O)c(N)c2)cc1. The Morgan fingerprint density at radius 1 is 1.14 bits per heavy atom. The summed E-state index contributed by atoms with van der Waals surface area (Å²) in [5.41, 5.74) is 7.64. The van der Waals surface area contributed by atoms with E-state index < -0.39 is 5.97 Å². The first-order valence-corrected chi connectivity index (χ1v) is 6.62. The molecular formula is C16H18N2O3. The average Bonchev–Trinajstić information content (AvgIpc) is 2.40. The highest BCUT2D eigenvalue weighted by molar-refractivity contribution is 5.94. The van der Waals surface area contributed by atoms with E-state index in [0.29, 0.717) is 0 Å². The van der Waals surface area contributed by atoms with Crippen LogP contribution < -0.4 is 15.8 Å². The first-order valence-electron chi connectivity index (χ1n) is 6.62. The molecule has 0 spiro atoms. The summed E-state index contributed by atoms with van der Waals surface area (Å²) in [6.45, 7) is 3.94. The topological polar surface area (TPSA) is 84.6 Å². The zero-order valence-corrected chi connectivity index (χ0v) is 12.0. The molecule has 2 rings (SSSR count). The Kier molecular flexibility index (Phi) is 4.33. The van der Waals surface area contributed by atoms with E-state index in [0.717, 1.165) is 17.1 Å². The largest absolute Gasteiger partial charge is 0.491 e. The summed E-state index contributed by atoms with van der Waals surface area (Å²) < 4.78 is 5.57. The number of carboxylic acid groups (broad SMARTS) is 1. The fraction of sp³-hybridized carbons (Fsp3) is 0.188. The molecule has 2 aromatic carbocycles. The fourth-order valence-corrected chi connectivity index (χ4v) is 1.89. The molecule has 0 saturated heterocycles. The Morgan fingerprint density at radius 3 is 2.29 bits per heavy atom. The van der Waals surface area contributed by atoms with E-state index in [2.05, 4.69) is 5.32 Å². The van der Waals surface area contributed by atoms with E-state index in [-0.39, 0.29) is 17.4 Å². The maximum absolute atomic E-state index is 10.9. The molecule has 5 nitrogen and oxygen atoms in total. The molecule has 0 unspecified atom stereocenters. The summed E-state index contributed by atoms with van der Waals surface area (Å²) in [5.74, 6) is -0.231. The molecule has 5 heteroatoms. The third-order valence-electron chi connectivity index (χ3n) is 2.80. The number of ether oxygens (including phenoxy) is 1. The third-order valence-corrected chi connectivity index (χ3v) is 2.80. The quantitative estimate of drug-likeness (QED) is 0.732. The summed E-state index contributed by atoms with van der Waals surface area (Å²) in [5, 5.41) is 12.1. The van der Waals surface area contributed by atoms with Gasteiger partial charge in [-0.3, -0.25) is 0 Å². The Balaban J connectivity index is 2.11. The van der Waals surface area contributed by atoms with Crippen molar-refractivity contribution in [2.45, 2.75) is 20.0 Å². The van der Waals surface area contributed by atoms with Crippen LogP contribution in [0.25, 0.3) is 0 Å². The highest BCUT2D eigenvalue weighted by Crippen LogP contribution is 2.23. The van der Waals surface area contributed by atoms with Crippen molar-refractivity contribution < 1.29 is 14.6 Å². The van der Waals surface area contributed by atoms with Crippen LogP contribution >= 0.6 is 0 Å². The summed E-state index contributed by atoms with van der Waals surface area (Å²) in [7, 11) is 0. The molecule has 0 saturated carbocycles. The van der Waals surface area contributed by atoms with Crippen LogP contribution in [-0.2, 0) is 0 Å². The van der Waals surface area contributed by atoms with Gasteiger partial charge in [-0.15, -0.1) is 0 Å². The highest BCUT2D eigenvalue weighted by atomic mass is 16.5. The Morgan fingerprint density at radius 2 is 1.76 bits per heavy atom. The smallest absolute Gasteiger partial charge is 0.337 e. The Bertz CT molecular complexity index is 636. The number of hydrogen-bond acceptors (Lipinski definition) is 4. The molecule has 110 valence electrons. The molecule has 0 bridgehead atoms. The number of carboxylic acids is 1. The zero-order chi connectivity index (χ0) is 15.4. The van der Waals surface area contributed by atoms with Gasteiger partial charge < -0.3 is 20.9 Å². The van der Waals surface area contributed by atoms with Gasteiger partial charge in [0.2, 0.25) is 0 Å². The second-order valence-corrected chi connectivity index (χ2v) is 4.92. The molecule has 0 atom stereocenters. The van der Waals surface area contributed by atoms with Crippen molar-refractivity contribution in [3.63, 3.8) is 0 Å². The summed E-state index contributed by atoms with van der Waals surface area (Å²) in [4.78, 5) is 10.9. The minimum absolute atomic E-state index is 0.0984. The van der Waals surface area contributed by atoms with Crippen molar-refractivity contribution in [3.05, 3.63) is 48.0 Å². The predicted molar refractivity (Wildman–Crippen MR) is 83.3 cm³/mol. The molecule has 0 aliphatic carbocycles. The Labute approximate surface area is 123 Å². The van der Waals surface area contributed by atoms with Gasteiger partial charge in [0.05, 0.1) is 11.7 Å². The van der Waals surface area contributed by atoms with Gasteiger partial charge in [0.15, 0.2) is 0 Å². The lowest BCUT2D eigenvalue weighted by Crippen LogP contribution is -2.05. The van der Waals surface area contributed by atoms with Crippen molar-refractivity contribution in [3.8, 4) is 5.75 Å². The van der Waals surface area contributed by atoms with Gasteiger partial charge in [-0.05, 0) is 56.3 Å². The monoisotopic (exact) mass is 286 g/mol. The van der Waals surface area contributed by atoms with Crippen LogP contribution in [0.2, 0.25) is 0 Å². The van der Waals surface area contributed by atoms with E-state index in [1.807, 2.05) is 38.1 Å². The van der Waals surface area contributed by atoms with Crippen LogP contribution in [0.5, 0.6) is 5.75 Å². The standard InChI is InChI=1S/C16H18N2O3/c1-10(2)21-13-6-3-11(4-7-13)18-12-5-8-14(16(19)20)15(17)9-12/h3-10,18H,17H2,1-2H3,(H,19,20). The van der Waals surface area contributed by atoms with Gasteiger partial charge in [0.1, 0.15) is 5.75 Å². The molecular weight excluding hydrogens is 268 g/mol. The first-order chi connectivity index (χ1) is 9.95. The van der Waals surface area contributed by atoms with E-state index in [1.165, 1.54) is 6.07 Å². The molecule has 4 N–H and O–H groups in total. The summed E-state index contributed by atoms with van der Waals surface area (Å²) in [6.07, 6.45) is 0.132. The van der Waals surface area contributed by atoms with Crippen LogP contribution in [0.4, 0.5) is 17.1 Å². The van der Waals surface area contributed by atoms with E-state index in [1.54, 1.807) is 12.1 Å². The molecule has 0 aliphatic heterocycles. The number of nitrogen functional groups attached to an aromatic ring is 1. The maximum atomic E-state index is 10.9. The number of rotatable bonds is 5. The normalized spacial score (nSPS) is 10.4. The summed E-state index contributed by atoms with van der Waals surface area (Å²) in [6, 6.07) is 12.3. The lowest BCUT2D eigenvalue weighted by atomic mass is 10.1. The lowest BCUT2D eigenvalue weighted by Gasteiger charge is -2.12. The number of nitrogens with one attached hydrogen (secondary N) is 1. The minimum Gasteiger partial charge on any atom is -0.491 e. The molecule has 2 aromatic rings. The second-order valence-electron chi connectivity index (χ2n) is 4.92. The Hall–Kier alpha value is -2.69. The second kappa shape index (κ2) is 6.17. The number of anilines is 3. The van der Waals surface area contributed by atoms with Crippen LogP contribution in [0.15, 0.2) is 42.5 Å². The molecule has 0 aromatic heterocycles. The maximum Gasteiger partial charge on any atom is 0.337 e. The number of hydrogen-bond donors (Lipinski definition) is 3. The highest BCUT2D eigenvalue weighted by Gasteiger charge is 2.08. The van der Waals surface area contributed by atoms with Crippen molar-refractivity contribution in [2.24, 2.45) is 0 Å². The minimum atomic E-state index is -1.03. The number of aromatic carboxylic acids is 1. The van der Waals surface area contributed by atoms with Gasteiger partial charge in [0, 0.05) is 17.1 Å². The van der Waals surface area contributed by atoms with Crippen LogP contribution in [-0.4, -0.2) is 17.2 Å². The fourth-order valence-electron chi connectivity index (χ4n) is 1.89. The van der Waals surface area contributed by atoms with Gasteiger partial charge in [0.25, 0.3) is 0 Å². The molecule has 21 heavy (non-hydrogen) atoms. The van der Waals surface area contributed by atoms with E-state index in [4.69, 9.17) is 15.6 Å². The first kappa shape index (κ1) is 14.7. The lowest BCUT2D eigenvalue weighted by molar-refractivity contribution is 0.0698. The van der Waals surface area contributed by atoms with Crippen LogP contribution in [0.3, 0.4) is 0 Å². The molecule has 0 amide bonds. The molecule has 0 fully saturated rings. The van der Waals surface area contributed by atoms with Crippen molar-refractivity contribution in [1.29, 1.82) is 0 Å². The van der Waals surface area contributed by atoms with E-state index >= 15 is 0 Å². The molecule has 0 heterocycles. The molecule has 0 aliphatic rings. The van der Waals surface area contributed by atoms with Gasteiger partial charge in [-0.25, -0.2) is 4.79 Å². The van der Waals surface area contributed by atoms with Crippen molar-refractivity contribution in [1.82, 2.24) is 0 Å². The van der Waals surface area contributed by atoms with Gasteiger partial charge in [-0.2, -0.15) is 0 Å². The van der Waals surface area contributed by atoms with Gasteiger partial charge >= 0.3 is 5.97 Å². The molecule has 0 radical (unpaired) electrons. The van der Waals surface area contributed by atoms with Crippen LogP contribution in [0.1, 0.15) is 24.2 Å². The third kappa shape index (κ3) is 3.89. The number of nitrogens with two attached hydrogens (primary N) is 1. The zero-order valence-electron chi connectivity index (χ0n) is 12.0. The van der Waals surface area contributed by atoms with Crippen molar-refractivity contribution in [2.75, 3.05) is 11.1 Å². The van der Waals surface area contributed by atoms with Crippen LogP contribution in [0, 0.1) is 0 Å². The number of carbonyl (C=O) groups is 1. The van der Waals surface area contributed by atoms with Crippen molar-refractivity contribution >= 4 is 23.0 Å².